The molecule has 2 aromatic rings. The minimum Gasteiger partial charge on any atom is -0.330 e. The van der Waals surface area contributed by atoms with Crippen LogP contribution in [0.2, 0.25) is 0 Å². The van der Waals surface area contributed by atoms with Crippen molar-refractivity contribution in [3.05, 3.63) is 40.3 Å². The molecule has 16 heavy (non-hydrogen) atoms. The maximum absolute atomic E-state index is 13.6. The molecule has 2 rings (SSSR count). The second kappa shape index (κ2) is 3.97. The first-order chi connectivity index (χ1) is 7.50. The van der Waals surface area contributed by atoms with E-state index in [1.165, 1.54) is 12.1 Å². The largest absolute Gasteiger partial charge is 0.330 e. The van der Waals surface area contributed by atoms with Gasteiger partial charge in [-0.15, -0.1) is 0 Å². The standard InChI is InChI=1S/C11H9BrF2N2/c1-6-15-11(12)10(16(6)2)8-4-3-7(13)5-9(8)14/h3-5H,1-2H3. The van der Waals surface area contributed by atoms with E-state index in [1.54, 1.807) is 11.6 Å². The van der Waals surface area contributed by atoms with Crippen LogP contribution in [0.4, 0.5) is 8.78 Å². The van der Waals surface area contributed by atoms with Crippen molar-refractivity contribution in [3.63, 3.8) is 0 Å². The van der Waals surface area contributed by atoms with Crippen molar-refractivity contribution in [1.29, 1.82) is 0 Å². The van der Waals surface area contributed by atoms with Gasteiger partial charge in [-0.3, -0.25) is 0 Å². The third-order valence-electron chi connectivity index (χ3n) is 2.46. The van der Waals surface area contributed by atoms with Crippen LogP contribution in [-0.2, 0) is 7.05 Å². The summed E-state index contributed by atoms with van der Waals surface area (Å²) < 4.78 is 28.7. The molecule has 0 radical (unpaired) electrons. The van der Waals surface area contributed by atoms with Crippen molar-refractivity contribution in [3.8, 4) is 11.3 Å². The van der Waals surface area contributed by atoms with Crippen LogP contribution >= 0.6 is 15.9 Å². The predicted octanol–water partition coefficient (Wildman–Crippen LogP) is 3.44. The molecule has 0 amide bonds. The molecule has 1 aromatic heterocycles. The quantitative estimate of drug-likeness (QED) is 0.785. The van der Waals surface area contributed by atoms with Crippen molar-refractivity contribution in [2.75, 3.05) is 0 Å². The number of hydrogen-bond donors (Lipinski definition) is 0. The lowest BCUT2D eigenvalue weighted by molar-refractivity contribution is 0.584. The molecule has 84 valence electrons. The molecule has 5 heteroatoms. The van der Waals surface area contributed by atoms with Crippen LogP contribution < -0.4 is 0 Å². The van der Waals surface area contributed by atoms with Crippen molar-refractivity contribution >= 4 is 15.9 Å². The highest BCUT2D eigenvalue weighted by molar-refractivity contribution is 9.10. The highest BCUT2D eigenvalue weighted by atomic mass is 79.9. The van der Waals surface area contributed by atoms with E-state index < -0.39 is 11.6 Å². The van der Waals surface area contributed by atoms with Gasteiger partial charge in [-0.25, -0.2) is 13.8 Å². The molecule has 0 saturated heterocycles. The summed E-state index contributed by atoms with van der Waals surface area (Å²) in [6, 6.07) is 3.50. The first kappa shape index (κ1) is 11.3. The van der Waals surface area contributed by atoms with E-state index in [2.05, 4.69) is 20.9 Å². The minimum atomic E-state index is -0.594. The monoisotopic (exact) mass is 286 g/mol. The number of aromatic nitrogens is 2. The molecule has 0 aliphatic carbocycles. The minimum absolute atomic E-state index is 0.330. The van der Waals surface area contributed by atoms with Gasteiger partial charge in [-0.05, 0) is 35.0 Å². The second-order valence-electron chi connectivity index (χ2n) is 3.48. The first-order valence-corrected chi connectivity index (χ1v) is 5.44. The van der Waals surface area contributed by atoms with Crippen molar-refractivity contribution in [2.24, 2.45) is 7.05 Å². The normalized spacial score (nSPS) is 10.8. The molecule has 2 nitrogen and oxygen atoms in total. The third kappa shape index (κ3) is 1.75. The number of benzene rings is 1. The predicted molar refractivity (Wildman–Crippen MR) is 61.0 cm³/mol. The van der Waals surface area contributed by atoms with Crippen LogP contribution in [-0.4, -0.2) is 9.55 Å². The number of rotatable bonds is 1. The van der Waals surface area contributed by atoms with Crippen LogP contribution in [0, 0.1) is 18.6 Å². The summed E-state index contributed by atoms with van der Waals surface area (Å²) in [5.74, 6) is -0.425. The van der Waals surface area contributed by atoms with Crippen LogP contribution in [0.3, 0.4) is 0 Å². The average molecular weight is 287 g/mol. The highest BCUT2D eigenvalue weighted by Gasteiger charge is 2.15. The molecule has 0 aliphatic heterocycles. The third-order valence-corrected chi connectivity index (χ3v) is 3.02. The molecule has 0 atom stereocenters. The van der Waals surface area contributed by atoms with Crippen molar-refractivity contribution in [2.45, 2.75) is 6.92 Å². The number of hydrogen-bond acceptors (Lipinski definition) is 1. The van der Waals surface area contributed by atoms with Gasteiger partial charge in [0.05, 0.1) is 5.69 Å². The van der Waals surface area contributed by atoms with Crippen molar-refractivity contribution < 1.29 is 8.78 Å². The van der Waals surface area contributed by atoms with E-state index in [9.17, 15) is 8.78 Å². The fourth-order valence-corrected chi connectivity index (χ4v) is 2.28. The van der Waals surface area contributed by atoms with E-state index in [-0.39, 0.29) is 0 Å². The highest BCUT2D eigenvalue weighted by Crippen LogP contribution is 2.30. The molecular formula is C11H9BrF2N2. The molecule has 1 heterocycles. The molecule has 0 N–H and O–H groups in total. The lowest BCUT2D eigenvalue weighted by atomic mass is 10.1. The van der Waals surface area contributed by atoms with Gasteiger partial charge in [0.15, 0.2) is 0 Å². The van der Waals surface area contributed by atoms with Crippen LogP contribution in [0.15, 0.2) is 22.8 Å². The Morgan fingerprint density at radius 2 is 2.00 bits per heavy atom. The Morgan fingerprint density at radius 3 is 2.50 bits per heavy atom. The van der Waals surface area contributed by atoms with Gasteiger partial charge in [-0.2, -0.15) is 0 Å². The summed E-state index contributed by atoms with van der Waals surface area (Å²) in [6.45, 7) is 1.82. The van der Waals surface area contributed by atoms with Gasteiger partial charge in [0.1, 0.15) is 22.1 Å². The summed E-state index contributed by atoms with van der Waals surface area (Å²) in [7, 11) is 1.78. The maximum Gasteiger partial charge on any atom is 0.135 e. The van der Waals surface area contributed by atoms with Crippen LogP contribution in [0.5, 0.6) is 0 Å². The number of aryl methyl sites for hydroxylation is 1. The van der Waals surface area contributed by atoms with Gasteiger partial charge < -0.3 is 4.57 Å². The molecule has 0 bridgehead atoms. The lowest BCUT2D eigenvalue weighted by Gasteiger charge is -2.05. The molecule has 1 aromatic carbocycles. The molecule has 0 aliphatic rings. The molecular weight excluding hydrogens is 278 g/mol. The van der Waals surface area contributed by atoms with Crippen molar-refractivity contribution in [1.82, 2.24) is 9.55 Å². The van der Waals surface area contributed by atoms with Gasteiger partial charge >= 0.3 is 0 Å². The van der Waals surface area contributed by atoms with E-state index in [1.807, 2.05) is 6.92 Å². The molecule has 0 unspecified atom stereocenters. The SMILES string of the molecule is Cc1nc(Br)c(-c2ccc(F)cc2F)n1C. The Bertz CT molecular complexity index is 549. The van der Waals surface area contributed by atoms with E-state index >= 15 is 0 Å². The lowest BCUT2D eigenvalue weighted by Crippen LogP contribution is -1.96. The Labute approximate surface area is 100 Å². The zero-order valence-electron chi connectivity index (χ0n) is 8.76. The van der Waals surface area contributed by atoms with E-state index in [4.69, 9.17) is 0 Å². The summed E-state index contributed by atoms with van der Waals surface area (Å²) in [6.07, 6.45) is 0. The van der Waals surface area contributed by atoms with E-state index in [0.29, 0.717) is 15.9 Å². The molecule has 0 saturated carbocycles. The van der Waals surface area contributed by atoms with Gasteiger partial charge in [0.25, 0.3) is 0 Å². The van der Waals surface area contributed by atoms with Gasteiger partial charge in [-0.1, -0.05) is 0 Å². The summed E-state index contributed by atoms with van der Waals surface area (Å²) >= 11 is 3.26. The Balaban J connectivity index is 2.67. The zero-order chi connectivity index (χ0) is 11.9. The Kier molecular flexibility index (Phi) is 2.80. The fraction of sp³-hybridized carbons (Fsp3) is 0.182. The average Bonchev–Trinajstić information content (AvgIpc) is 2.43. The van der Waals surface area contributed by atoms with Gasteiger partial charge in [0.2, 0.25) is 0 Å². The number of halogens is 3. The summed E-state index contributed by atoms with van der Waals surface area (Å²) in [5, 5.41) is 0. The van der Waals surface area contributed by atoms with Crippen LogP contribution in [0.25, 0.3) is 11.3 Å². The topological polar surface area (TPSA) is 17.8 Å². The maximum atomic E-state index is 13.6. The molecule has 0 fully saturated rings. The van der Waals surface area contributed by atoms with E-state index in [0.717, 1.165) is 11.9 Å². The fourth-order valence-electron chi connectivity index (χ4n) is 1.54. The number of nitrogens with zero attached hydrogens (tertiary/aromatic N) is 2. The Morgan fingerprint density at radius 1 is 1.31 bits per heavy atom. The Hall–Kier alpha value is -1.23. The first-order valence-electron chi connectivity index (χ1n) is 4.65. The second-order valence-corrected chi connectivity index (χ2v) is 4.23. The number of imidazole rings is 1. The van der Waals surface area contributed by atoms with Crippen LogP contribution in [0.1, 0.15) is 5.82 Å². The zero-order valence-corrected chi connectivity index (χ0v) is 10.3. The van der Waals surface area contributed by atoms with Gasteiger partial charge in [0, 0.05) is 18.7 Å². The smallest absolute Gasteiger partial charge is 0.135 e. The summed E-state index contributed by atoms with van der Waals surface area (Å²) in [4.78, 5) is 4.17. The molecule has 0 spiro atoms. The summed E-state index contributed by atoms with van der Waals surface area (Å²) in [5.41, 5.74) is 0.936.